The van der Waals surface area contributed by atoms with Crippen LogP contribution in [0.25, 0.3) is 0 Å². The van der Waals surface area contributed by atoms with E-state index in [0.29, 0.717) is 52.0 Å². The molecule has 1 N–H and O–H groups in total. The van der Waals surface area contributed by atoms with Gasteiger partial charge < -0.3 is 19.7 Å². The van der Waals surface area contributed by atoms with E-state index in [2.05, 4.69) is 5.32 Å². The van der Waals surface area contributed by atoms with Crippen molar-refractivity contribution in [1.29, 1.82) is 0 Å². The molecule has 8 heteroatoms. The van der Waals surface area contributed by atoms with Crippen molar-refractivity contribution in [3.63, 3.8) is 0 Å². The second kappa shape index (κ2) is 5.95. The molecule has 8 nitrogen and oxygen atoms in total. The highest BCUT2D eigenvalue weighted by Crippen LogP contribution is 2.36. The number of likely N-dealkylation sites (tertiary alicyclic amines) is 1. The van der Waals surface area contributed by atoms with Crippen molar-refractivity contribution in [1.82, 2.24) is 15.1 Å². The van der Waals surface area contributed by atoms with Gasteiger partial charge in [-0.05, 0) is 19.8 Å². The van der Waals surface area contributed by atoms with Gasteiger partial charge in [-0.2, -0.15) is 0 Å². The lowest BCUT2D eigenvalue weighted by Gasteiger charge is -2.39. The number of carbonyl (C=O) groups is 3. The predicted octanol–water partition coefficient (Wildman–Crippen LogP) is 0.605. The van der Waals surface area contributed by atoms with Gasteiger partial charge in [0.1, 0.15) is 11.6 Å². The van der Waals surface area contributed by atoms with E-state index >= 15 is 0 Å². The Kier molecular flexibility index (Phi) is 3.99. The second-order valence-electron chi connectivity index (χ2n) is 7.50. The van der Waals surface area contributed by atoms with Gasteiger partial charge in [-0.25, -0.2) is 9.69 Å². The molecule has 0 bridgehead atoms. The van der Waals surface area contributed by atoms with Gasteiger partial charge in [0.2, 0.25) is 5.91 Å². The Morgan fingerprint density at radius 3 is 2.28 bits per heavy atom. The van der Waals surface area contributed by atoms with E-state index in [0.717, 1.165) is 17.7 Å². The van der Waals surface area contributed by atoms with Gasteiger partial charge >= 0.3 is 6.03 Å². The Hall–Kier alpha value is -1.67. The van der Waals surface area contributed by atoms with Crippen LogP contribution in [0.4, 0.5) is 4.79 Å². The molecule has 3 aliphatic heterocycles. The first kappa shape index (κ1) is 16.8. The number of ether oxygens (including phenoxy) is 2. The van der Waals surface area contributed by atoms with Crippen molar-refractivity contribution in [3.8, 4) is 0 Å². The van der Waals surface area contributed by atoms with Crippen molar-refractivity contribution in [2.45, 2.75) is 62.8 Å². The maximum absolute atomic E-state index is 12.9. The maximum Gasteiger partial charge on any atom is 0.325 e. The highest BCUT2D eigenvalue weighted by atomic mass is 16.7. The van der Waals surface area contributed by atoms with Crippen LogP contribution >= 0.6 is 0 Å². The number of imide groups is 1. The van der Waals surface area contributed by atoms with E-state index in [4.69, 9.17) is 9.47 Å². The Bertz CT molecular complexity index is 585. The third kappa shape index (κ3) is 2.62. The zero-order chi connectivity index (χ0) is 17.7. The predicted molar refractivity (Wildman–Crippen MR) is 86.5 cm³/mol. The Morgan fingerprint density at radius 2 is 1.68 bits per heavy atom. The van der Waals surface area contributed by atoms with Crippen molar-refractivity contribution in [3.05, 3.63) is 0 Å². The topological polar surface area (TPSA) is 88.2 Å². The number of hydrogen-bond acceptors (Lipinski definition) is 5. The fourth-order valence-corrected chi connectivity index (χ4v) is 4.54. The summed E-state index contributed by atoms with van der Waals surface area (Å²) in [6, 6.07) is -1.23. The Morgan fingerprint density at radius 1 is 1.08 bits per heavy atom. The summed E-state index contributed by atoms with van der Waals surface area (Å²) in [4.78, 5) is 40.9. The number of nitrogens with zero attached hydrogens (tertiary/aromatic N) is 2. The highest BCUT2D eigenvalue weighted by molar-refractivity contribution is 6.09. The molecule has 0 radical (unpaired) electrons. The molecule has 3 heterocycles. The molecule has 1 saturated carbocycles. The molecule has 0 aromatic rings. The van der Waals surface area contributed by atoms with Gasteiger partial charge in [0.05, 0.1) is 13.2 Å². The van der Waals surface area contributed by atoms with E-state index in [1.807, 2.05) is 0 Å². The highest BCUT2D eigenvalue weighted by Gasteiger charge is 2.55. The van der Waals surface area contributed by atoms with Gasteiger partial charge in [-0.1, -0.05) is 12.8 Å². The van der Waals surface area contributed by atoms with Crippen LogP contribution in [0.3, 0.4) is 0 Å². The Labute approximate surface area is 146 Å². The van der Waals surface area contributed by atoms with Crippen molar-refractivity contribution >= 4 is 17.8 Å². The summed E-state index contributed by atoms with van der Waals surface area (Å²) in [5.74, 6) is -0.979. The number of rotatable bonds is 2. The van der Waals surface area contributed by atoms with Crippen molar-refractivity contribution in [2.75, 3.05) is 26.3 Å². The third-order valence-corrected chi connectivity index (χ3v) is 6.05. The molecule has 4 rings (SSSR count). The summed E-state index contributed by atoms with van der Waals surface area (Å²) in [5, 5.41) is 2.83. The molecule has 4 amide bonds. The van der Waals surface area contributed by atoms with E-state index in [9.17, 15) is 14.4 Å². The smallest absolute Gasteiger partial charge is 0.325 e. The summed E-state index contributed by atoms with van der Waals surface area (Å²) in [6.07, 6.45) is 4.42. The average Bonchev–Trinajstić information content (AvgIpc) is 3.30. The lowest BCUT2D eigenvalue weighted by atomic mass is 9.97. The fourth-order valence-electron chi connectivity index (χ4n) is 4.54. The van der Waals surface area contributed by atoms with E-state index in [1.54, 1.807) is 11.8 Å². The summed E-state index contributed by atoms with van der Waals surface area (Å²) in [7, 11) is 0. The van der Waals surface area contributed by atoms with Crippen LogP contribution in [0.15, 0.2) is 0 Å². The molecular weight excluding hydrogens is 326 g/mol. The summed E-state index contributed by atoms with van der Waals surface area (Å²) < 4.78 is 11.4. The van der Waals surface area contributed by atoms with Crippen LogP contribution in [-0.4, -0.2) is 71.3 Å². The lowest BCUT2D eigenvalue weighted by molar-refractivity contribution is -0.188. The standard InChI is InChI=1S/C17H25N3O5/c1-12(20-14(22)16(18-15(20)23)4-2-3-5-16)13(21)19-8-6-17(7-9-19)24-10-11-25-17/h12H,2-11H2,1H3,(H,18,23). The summed E-state index contributed by atoms with van der Waals surface area (Å²) in [6.45, 7) is 3.85. The minimum Gasteiger partial charge on any atom is -0.347 e. The second-order valence-corrected chi connectivity index (χ2v) is 7.50. The zero-order valence-electron chi connectivity index (χ0n) is 14.6. The van der Waals surface area contributed by atoms with Gasteiger partial charge in [0.25, 0.3) is 5.91 Å². The first-order chi connectivity index (χ1) is 12.0. The largest absolute Gasteiger partial charge is 0.347 e. The SMILES string of the molecule is CC(C(=O)N1CCC2(CC1)OCCO2)N1C(=O)NC2(CCCC2)C1=O. The van der Waals surface area contributed by atoms with Crippen molar-refractivity contribution < 1.29 is 23.9 Å². The van der Waals surface area contributed by atoms with Crippen LogP contribution in [0.1, 0.15) is 45.4 Å². The molecular formula is C17H25N3O5. The fraction of sp³-hybridized carbons (Fsp3) is 0.824. The van der Waals surface area contributed by atoms with Gasteiger partial charge in [0, 0.05) is 25.9 Å². The monoisotopic (exact) mass is 351 g/mol. The first-order valence-corrected chi connectivity index (χ1v) is 9.19. The maximum atomic E-state index is 12.9. The van der Waals surface area contributed by atoms with Crippen molar-refractivity contribution in [2.24, 2.45) is 0 Å². The van der Waals surface area contributed by atoms with Crippen LogP contribution < -0.4 is 5.32 Å². The van der Waals surface area contributed by atoms with E-state index < -0.39 is 23.4 Å². The third-order valence-electron chi connectivity index (χ3n) is 6.05. The van der Waals surface area contributed by atoms with E-state index in [-0.39, 0.29) is 11.8 Å². The molecule has 25 heavy (non-hydrogen) atoms. The molecule has 3 saturated heterocycles. The minimum absolute atomic E-state index is 0.189. The molecule has 0 aromatic carbocycles. The zero-order valence-corrected chi connectivity index (χ0v) is 14.6. The van der Waals surface area contributed by atoms with E-state index in [1.165, 1.54) is 0 Å². The lowest BCUT2D eigenvalue weighted by Crippen LogP contribution is -2.54. The molecule has 2 spiro atoms. The summed E-state index contributed by atoms with van der Waals surface area (Å²) >= 11 is 0. The molecule has 4 aliphatic rings. The minimum atomic E-state index is -0.785. The number of hydrogen-bond donors (Lipinski definition) is 1. The molecule has 1 atom stereocenters. The number of nitrogens with one attached hydrogen (secondary N) is 1. The number of piperidine rings is 1. The number of carbonyl (C=O) groups excluding carboxylic acids is 3. The number of urea groups is 1. The van der Waals surface area contributed by atoms with Gasteiger partial charge in [0.15, 0.2) is 5.79 Å². The molecule has 0 aromatic heterocycles. The van der Waals surface area contributed by atoms with Gasteiger partial charge in [-0.15, -0.1) is 0 Å². The molecule has 1 unspecified atom stereocenters. The molecule has 138 valence electrons. The normalized spacial score (nSPS) is 28.8. The molecule has 4 fully saturated rings. The van der Waals surface area contributed by atoms with Crippen LogP contribution in [0, 0.1) is 0 Å². The van der Waals surface area contributed by atoms with Crippen LogP contribution in [-0.2, 0) is 19.1 Å². The average molecular weight is 351 g/mol. The quantitative estimate of drug-likeness (QED) is 0.736. The van der Waals surface area contributed by atoms with Gasteiger partial charge in [-0.3, -0.25) is 9.59 Å². The molecule has 1 aliphatic carbocycles. The number of amides is 4. The first-order valence-electron chi connectivity index (χ1n) is 9.19. The van der Waals surface area contributed by atoms with Crippen LogP contribution in [0.2, 0.25) is 0 Å². The van der Waals surface area contributed by atoms with Crippen LogP contribution in [0.5, 0.6) is 0 Å². The summed E-state index contributed by atoms with van der Waals surface area (Å²) in [5.41, 5.74) is -0.775. The Balaban J connectivity index is 1.42.